The fraction of sp³-hybridized carbons (Fsp3) is 0.560. The van der Waals surface area contributed by atoms with Crippen LogP contribution < -0.4 is 0 Å². The van der Waals surface area contributed by atoms with Crippen LogP contribution in [0.3, 0.4) is 0 Å². The van der Waals surface area contributed by atoms with E-state index in [1.165, 1.54) is 0 Å². The van der Waals surface area contributed by atoms with Crippen molar-refractivity contribution in [1.82, 2.24) is 0 Å². The van der Waals surface area contributed by atoms with Gasteiger partial charge in [-0.05, 0) is 76.4 Å². The standard InChI is InChI=1S/C25H38O2S/c1-2-3-4-5-6-7-8-9-10-11-12-13-14-15-16-17-18-19-23-28-25(24(26)27)21-20-22-25/h3-4,6-7,9-10,12-13,15-16H,2,5,8,11,14,17-23H2,1H3,(H,26,27)/b4-3-,7-6-,10-9-,13-12-,16-15-. The van der Waals surface area contributed by atoms with E-state index in [0.29, 0.717) is 0 Å². The van der Waals surface area contributed by atoms with Crippen LogP contribution in [0, 0.1) is 0 Å². The molecule has 1 aliphatic rings. The van der Waals surface area contributed by atoms with Crippen LogP contribution in [0.4, 0.5) is 0 Å². The van der Waals surface area contributed by atoms with Gasteiger partial charge in [-0.1, -0.05) is 67.7 Å². The Hall–Kier alpha value is -1.48. The molecule has 1 rings (SSSR count). The van der Waals surface area contributed by atoms with E-state index in [1.54, 1.807) is 11.8 Å². The Morgan fingerprint density at radius 3 is 1.75 bits per heavy atom. The number of thioether (sulfide) groups is 1. The van der Waals surface area contributed by atoms with Crippen molar-refractivity contribution in [1.29, 1.82) is 0 Å². The predicted octanol–water partition coefficient (Wildman–Crippen LogP) is 7.65. The summed E-state index contributed by atoms with van der Waals surface area (Å²) in [7, 11) is 0. The molecule has 1 N–H and O–H groups in total. The summed E-state index contributed by atoms with van der Waals surface area (Å²) in [6, 6.07) is 0. The molecule has 0 spiro atoms. The van der Waals surface area contributed by atoms with Gasteiger partial charge < -0.3 is 5.11 Å². The molecule has 0 aliphatic heterocycles. The van der Waals surface area contributed by atoms with Gasteiger partial charge in [-0.15, -0.1) is 11.8 Å². The second-order valence-corrected chi connectivity index (χ2v) is 8.68. The molecule has 1 aliphatic carbocycles. The number of carbonyl (C=O) groups is 1. The maximum Gasteiger partial charge on any atom is 0.319 e. The third-order valence-electron chi connectivity index (χ3n) is 4.85. The van der Waals surface area contributed by atoms with E-state index < -0.39 is 10.7 Å². The smallest absolute Gasteiger partial charge is 0.319 e. The second-order valence-electron chi connectivity index (χ2n) is 7.21. The maximum absolute atomic E-state index is 11.3. The summed E-state index contributed by atoms with van der Waals surface area (Å²) in [6.07, 6.45) is 33.5. The fourth-order valence-electron chi connectivity index (χ4n) is 2.92. The zero-order valence-electron chi connectivity index (χ0n) is 17.5. The molecule has 0 radical (unpaired) electrons. The number of rotatable bonds is 16. The Bertz CT molecular complexity index is 551. The largest absolute Gasteiger partial charge is 0.480 e. The van der Waals surface area contributed by atoms with E-state index in [-0.39, 0.29) is 0 Å². The fourth-order valence-corrected chi connectivity index (χ4v) is 4.36. The monoisotopic (exact) mass is 402 g/mol. The van der Waals surface area contributed by atoms with Crippen LogP contribution in [-0.4, -0.2) is 21.6 Å². The van der Waals surface area contributed by atoms with Crippen LogP contribution in [-0.2, 0) is 4.79 Å². The van der Waals surface area contributed by atoms with E-state index in [4.69, 9.17) is 0 Å². The lowest BCUT2D eigenvalue weighted by Crippen LogP contribution is -2.42. The van der Waals surface area contributed by atoms with Crippen LogP contribution in [0.1, 0.15) is 77.6 Å². The highest BCUT2D eigenvalue weighted by atomic mass is 32.2. The summed E-state index contributed by atoms with van der Waals surface area (Å²) in [5.41, 5.74) is 0. The zero-order chi connectivity index (χ0) is 20.3. The van der Waals surface area contributed by atoms with Gasteiger partial charge in [0, 0.05) is 0 Å². The van der Waals surface area contributed by atoms with Gasteiger partial charge in [0.1, 0.15) is 4.75 Å². The minimum atomic E-state index is -0.610. The molecule has 0 unspecified atom stereocenters. The maximum atomic E-state index is 11.3. The summed E-state index contributed by atoms with van der Waals surface area (Å²) in [5, 5.41) is 9.29. The van der Waals surface area contributed by atoms with Crippen molar-refractivity contribution in [3.8, 4) is 0 Å². The molecule has 1 saturated carbocycles. The molecule has 0 aromatic rings. The summed E-state index contributed by atoms with van der Waals surface area (Å²) in [5.74, 6) is 0.360. The molecular formula is C25H38O2S. The molecule has 0 heterocycles. The van der Waals surface area contributed by atoms with Crippen molar-refractivity contribution in [2.24, 2.45) is 0 Å². The first-order valence-corrected chi connectivity index (χ1v) is 11.8. The number of allylic oxidation sites excluding steroid dienone is 10. The number of unbranched alkanes of at least 4 members (excludes halogenated alkanes) is 2. The molecule has 2 nitrogen and oxygen atoms in total. The quantitative estimate of drug-likeness (QED) is 0.213. The number of carboxylic acid groups (broad SMARTS) is 1. The van der Waals surface area contributed by atoms with Gasteiger partial charge in [0.05, 0.1) is 0 Å². The minimum absolute atomic E-state index is 0.447. The van der Waals surface area contributed by atoms with E-state index >= 15 is 0 Å². The van der Waals surface area contributed by atoms with E-state index in [1.807, 2.05) is 0 Å². The summed E-state index contributed by atoms with van der Waals surface area (Å²) >= 11 is 1.66. The molecule has 28 heavy (non-hydrogen) atoms. The van der Waals surface area contributed by atoms with Crippen LogP contribution in [0.15, 0.2) is 60.8 Å². The Kier molecular flexibility index (Phi) is 14.4. The topological polar surface area (TPSA) is 37.3 Å². The van der Waals surface area contributed by atoms with Crippen LogP contribution >= 0.6 is 11.8 Å². The minimum Gasteiger partial charge on any atom is -0.480 e. The molecule has 0 saturated heterocycles. The Balaban J connectivity index is 1.92. The third-order valence-corrected chi connectivity index (χ3v) is 6.48. The van der Waals surface area contributed by atoms with Crippen molar-refractivity contribution >= 4 is 17.7 Å². The molecule has 156 valence electrons. The summed E-state index contributed by atoms with van der Waals surface area (Å²) in [4.78, 5) is 11.3. The average molecular weight is 403 g/mol. The molecule has 1 fully saturated rings. The number of aliphatic carboxylic acids is 1. The number of hydrogen-bond acceptors (Lipinski definition) is 2. The van der Waals surface area contributed by atoms with Gasteiger partial charge in [-0.2, -0.15) is 0 Å². The Morgan fingerprint density at radius 2 is 1.32 bits per heavy atom. The van der Waals surface area contributed by atoms with E-state index in [0.717, 1.165) is 76.4 Å². The number of carboxylic acids is 1. The van der Waals surface area contributed by atoms with Gasteiger partial charge >= 0.3 is 5.97 Å². The van der Waals surface area contributed by atoms with Crippen molar-refractivity contribution in [3.63, 3.8) is 0 Å². The highest BCUT2D eigenvalue weighted by Gasteiger charge is 2.44. The highest BCUT2D eigenvalue weighted by Crippen LogP contribution is 2.44. The second kappa shape index (κ2) is 16.5. The van der Waals surface area contributed by atoms with Crippen LogP contribution in [0.5, 0.6) is 0 Å². The lowest BCUT2D eigenvalue weighted by molar-refractivity contribution is -0.142. The van der Waals surface area contributed by atoms with Gasteiger partial charge in [0.25, 0.3) is 0 Å². The number of hydrogen-bond donors (Lipinski definition) is 1. The molecular weight excluding hydrogens is 364 g/mol. The molecule has 0 bridgehead atoms. The lowest BCUT2D eigenvalue weighted by atomic mass is 9.84. The first-order valence-electron chi connectivity index (χ1n) is 10.8. The molecule has 3 heteroatoms. The third kappa shape index (κ3) is 11.4. The van der Waals surface area contributed by atoms with Crippen LogP contribution in [0.25, 0.3) is 0 Å². The predicted molar refractivity (Wildman–Crippen MR) is 125 cm³/mol. The normalized spacial score (nSPS) is 16.9. The summed E-state index contributed by atoms with van der Waals surface area (Å²) < 4.78 is -0.447. The van der Waals surface area contributed by atoms with Crippen molar-refractivity contribution < 1.29 is 9.90 Å². The Labute approximate surface area is 176 Å². The van der Waals surface area contributed by atoms with Gasteiger partial charge in [0.2, 0.25) is 0 Å². The zero-order valence-corrected chi connectivity index (χ0v) is 18.3. The van der Waals surface area contributed by atoms with Crippen molar-refractivity contribution in [2.75, 3.05) is 5.75 Å². The summed E-state index contributed by atoms with van der Waals surface area (Å²) in [6.45, 7) is 2.16. The van der Waals surface area contributed by atoms with Gasteiger partial charge in [-0.3, -0.25) is 4.79 Å². The SMILES string of the molecule is CC/C=C\C/C=C\C/C=C\C/C=C\C/C=C\CCCCSC1(C(=O)O)CCC1. The molecule has 0 aromatic carbocycles. The molecule has 0 amide bonds. The lowest BCUT2D eigenvalue weighted by Gasteiger charge is -2.36. The van der Waals surface area contributed by atoms with Crippen molar-refractivity contribution in [3.05, 3.63) is 60.8 Å². The van der Waals surface area contributed by atoms with Crippen molar-refractivity contribution in [2.45, 2.75) is 82.3 Å². The van der Waals surface area contributed by atoms with Crippen LogP contribution in [0.2, 0.25) is 0 Å². The van der Waals surface area contributed by atoms with Gasteiger partial charge in [-0.25, -0.2) is 0 Å². The van der Waals surface area contributed by atoms with E-state index in [9.17, 15) is 9.90 Å². The molecule has 0 aromatic heterocycles. The highest BCUT2D eigenvalue weighted by molar-refractivity contribution is 8.01. The van der Waals surface area contributed by atoms with Gasteiger partial charge in [0.15, 0.2) is 0 Å². The van der Waals surface area contributed by atoms with E-state index in [2.05, 4.69) is 67.7 Å². The first-order chi connectivity index (χ1) is 13.7. The molecule has 0 atom stereocenters. The Morgan fingerprint density at radius 1 is 0.821 bits per heavy atom. The average Bonchev–Trinajstić information content (AvgIpc) is 2.65. The first kappa shape index (κ1) is 24.6.